The quantitative estimate of drug-likeness (QED) is 0.934. The second-order valence-electron chi connectivity index (χ2n) is 6.11. The summed E-state index contributed by atoms with van der Waals surface area (Å²) in [6.45, 7) is 3.67. The van der Waals surface area contributed by atoms with Gasteiger partial charge in [0.1, 0.15) is 5.01 Å². The molecular weight excluding hydrogens is 308 g/mol. The Kier molecular flexibility index (Phi) is 5.03. The molecule has 3 heterocycles. The van der Waals surface area contributed by atoms with Gasteiger partial charge in [-0.3, -0.25) is 9.78 Å². The first-order valence-electron chi connectivity index (χ1n) is 8.02. The highest BCUT2D eigenvalue weighted by Gasteiger charge is 2.25. The van der Waals surface area contributed by atoms with Crippen LogP contribution in [0.3, 0.4) is 0 Å². The molecule has 1 aliphatic rings. The molecule has 2 aromatic rings. The average molecular weight is 330 g/mol. The third kappa shape index (κ3) is 3.95. The van der Waals surface area contributed by atoms with Crippen molar-refractivity contribution in [3.8, 4) is 10.7 Å². The summed E-state index contributed by atoms with van der Waals surface area (Å²) < 4.78 is 0. The fourth-order valence-electron chi connectivity index (χ4n) is 2.94. The number of rotatable bonds is 4. The summed E-state index contributed by atoms with van der Waals surface area (Å²) in [7, 11) is 0. The Morgan fingerprint density at radius 2 is 2.22 bits per heavy atom. The van der Waals surface area contributed by atoms with Gasteiger partial charge in [-0.2, -0.15) is 0 Å². The predicted molar refractivity (Wildman–Crippen MR) is 92.0 cm³/mol. The number of carbonyl (C=O) groups excluding carboxylic acids is 1. The molecule has 2 aromatic heterocycles. The van der Waals surface area contributed by atoms with Gasteiger partial charge in [0.15, 0.2) is 0 Å². The first-order valence-corrected chi connectivity index (χ1v) is 8.90. The highest BCUT2D eigenvalue weighted by molar-refractivity contribution is 7.13. The van der Waals surface area contributed by atoms with Crippen LogP contribution in [0.2, 0.25) is 0 Å². The number of likely N-dealkylation sites (tertiary alicyclic amines) is 1. The van der Waals surface area contributed by atoms with Crippen molar-refractivity contribution in [2.45, 2.75) is 32.2 Å². The van der Waals surface area contributed by atoms with Crippen LogP contribution >= 0.6 is 11.3 Å². The highest BCUT2D eigenvalue weighted by atomic mass is 32.1. The van der Waals surface area contributed by atoms with Crippen LogP contribution in [-0.2, 0) is 11.2 Å². The third-order valence-electron chi connectivity index (χ3n) is 4.40. The molecule has 0 aromatic carbocycles. The van der Waals surface area contributed by atoms with Crippen LogP contribution in [0.1, 0.15) is 25.5 Å². The maximum absolute atomic E-state index is 12.4. The van der Waals surface area contributed by atoms with Crippen LogP contribution < -0.4 is 5.73 Å². The largest absolute Gasteiger partial charge is 0.342 e. The second-order valence-corrected chi connectivity index (χ2v) is 6.97. The summed E-state index contributed by atoms with van der Waals surface area (Å²) >= 11 is 1.53. The summed E-state index contributed by atoms with van der Waals surface area (Å²) in [6, 6.07) is 5.97. The van der Waals surface area contributed by atoms with E-state index < -0.39 is 0 Å². The summed E-state index contributed by atoms with van der Waals surface area (Å²) in [5.74, 6) is 0.695. The van der Waals surface area contributed by atoms with Crippen LogP contribution in [0.5, 0.6) is 0 Å². The van der Waals surface area contributed by atoms with Gasteiger partial charge < -0.3 is 10.6 Å². The van der Waals surface area contributed by atoms with Crippen LogP contribution in [0.4, 0.5) is 0 Å². The van der Waals surface area contributed by atoms with E-state index >= 15 is 0 Å². The molecule has 1 aliphatic heterocycles. The number of nitrogens with zero attached hydrogens (tertiary/aromatic N) is 3. The molecule has 1 atom stereocenters. The molecule has 1 amide bonds. The number of pyridine rings is 1. The molecule has 1 unspecified atom stereocenters. The summed E-state index contributed by atoms with van der Waals surface area (Å²) in [4.78, 5) is 23.2. The Bertz CT molecular complexity index is 648. The minimum atomic E-state index is 0.158. The topological polar surface area (TPSA) is 72.1 Å². The highest BCUT2D eigenvalue weighted by Crippen LogP contribution is 2.23. The number of amides is 1. The number of piperidine rings is 1. The first-order chi connectivity index (χ1) is 11.1. The molecule has 6 heteroatoms. The van der Waals surface area contributed by atoms with E-state index in [2.05, 4.69) is 16.9 Å². The Labute approximate surface area is 140 Å². The average Bonchev–Trinajstić information content (AvgIpc) is 3.04. The summed E-state index contributed by atoms with van der Waals surface area (Å²) in [5, 5.41) is 2.82. The van der Waals surface area contributed by atoms with Crippen LogP contribution in [-0.4, -0.2) is 39.9 Å². The van der Waals surface area contributed by atoms with E-state index in [0.717, 1.165) is 42.3 Å². The molecule has 5 nitrogen and oxygen atoms in total. The van der Waals surface area contributed by atoms with Gasteiger partial charge in [-0.25, -0.2) is 4.98 Å². The van der Waals surface area contributed by atoms with Crippen LogP contribution in [0, 0.1) is 5.92 Å². The third-order valence-corrected chi connectivity index (χ3v) is 5.32. The normalized spacial score (nSPS) is 17.2. The number of carbonyl (C=O) groups is 1. The fraction of sp³-hybridized carbons (Fsp3) is 0.471. The fourth-order valence-corrected chi connectivity index (χ4v) is 3.73. The second kappa shape index (κ2) is 7.19. The zero-order chi connectivity index (χ0) is 16.2. The van der Waals surface area contributed by atoms with E-state index in [0.29, 0.717) is 12.3 Å². The van der Waals surface area contributed by atoms with E-state index in [1.54, 1.807) is 6.20 Å². The molecule has 0 saturated carbocycles. The van der Waals surface area contributed by atoms with E-state index in [9.17, 15) is 4.79 Å². The van der Waals surface area contributed by atoms with Gasteiger partial charge in [0.05, 0.1) is 17.8 Å². The van der Waals surface area contributed by atoms with Crippen LogP contribution in [0.25, 0.3) is 10.7 Å². The molecule has 122 valence electrons. The minimum absolute atomic E-state index is 0.158. The Balaban J connectivity index is 1.58. The summed E-state index contributed by atoms with van der Waals surface area (Å²) in [5.41, 5.74) is 7.64. The van der Waals surface area contributed by atoms with Gasteiger partial charge in [0.25, 0.3) is 0 Å². The lowest BCUT2D eigenvalue weighted by atomic mass is 9.91. The number of nitrogens with two attached hydrogens (primary N) is 1. The summed E-state index contributed by atoms with van der Waals surface area (Å²) in [6.07, 6.45) is 4.12. The minimum Gasteiger partial charge on any atom is -0.342 e. The smallest absolute Gasteiger partial charge is 0.228 e. The SMILES string of the molecule is CC(N)C1CCN(C(=O)Cc2csc(-c3ccccn3)n2)CC1. The van der Waals surface area contributed by atoms with E-state index in [4.69, 9.17) is 5.73 Å². The molecule has 3 rings (SSSR count). The lowest BCUT2D eigenvalue weighted by molar-refractivity contribution is -0.132. The van der Waals surface area contributed by atoms with E-state index in [-0.39, 0.29) is 11.9 Å². The molecule has 1 fully saturated rings. The molecule has 2 N–H and O–H groups in total. The van der Waals surface area contributed by atoms with Crippen molar-refractivity contribution < 1.29 is 4.79 Å². The Hall–Kier alpha value is -1.79. The zero-order valence-electron chi connectivity index (χ0n) is 13.3. The first kappa shape index (κ1) is 16.1. The lowest BCUT2D eigenvalue weighted by Crippen LogP contribution is -2.43. The molecule has 0 bridgehead atoms. The molecule has 0 spiro atoms. The van der Waals surface area contributed by atoms with Gasteiger partial charge in [0, 0.05) is 30.7 Å². The van der Waals surface area contributed by atoms with Gasteiger partial charge >= 0.3 is 0 Å². The van der Waals surface area contributed by atoms with E-state index in [1.165, 1.54) is 11.3 Å². The predicted octanol–water partition coefficient (Wildman–Crippen LogP) is 2.33. The van der Waals surface area contributed by atoms with Crippen molar-refractivity contribution in [2.75, 3.05) is 13.1 Å². The number of thiazole rings is 1. The van der Waals surface area contributed by atoms with Gasteiger partial charge in [-0.05, 0) is 37.8 Å². The van der Waals surface area contributed by atoms with Gasteiger partial charge in [0.2, 0.25) is 5.91 Å². The van der Waals surface area contributed by atoms with Crippen molar-refractivity contribution in [1.29, 1.82) is 0 Å². The van der Waals surface area contributed by atoms with Crippen LogP contribution in [0.15, 0.2) is 29.8 Å². The molecule has 0 radical (unpaired) electrons. The lowest BCUT2D eigenvalue weighted by Gasteiger charge is -2.33. The van der Waals surface area contributed by atoms with Gasteiger partial charge in [-0.1, -0.05) is 6.07 Å². The van der Waals surface area contributed by atoms with Crippen molar-refractivity contribution >= 4 is 17.2 Å². The van der Waals surface area contributed by atoms with Crippen molar-refractivity contribution in [3.63, 3.8) is 0 Å². The number of aromatic nitrogens is 2. The zero-order valence-corrected chi connectivity index (χ0v) is 14.1. The maximum atomic E-state index is 12.4. The molecule has 1 saturated heterocycles. The number of hydrogen-bond donors (Lipinski definition) is 1. The van der Waals surface area contributed by atoms with E-state index in [1.807, 2.05) is 28.5 Å². The van der Waals surface area contributed by atoms with Gasteiger partial charge in [-0.15, -0.1) is 11.3 Å². The standard InChI is InChI=1S/C17H22N4OS/c1-12(18)13-5-8-21(9-6-13)16(22)10-14-11-23-17(20-14)15-4-2-3-7-19-15/h2-4,7,11-13H,5-6,8-10,18H2,1H3. The Morgan fingerprint density at radius 1 is 1.43 bits per heavy atom. The Morgan fingerprint density at radius 3 is 2.87 bits per heavy atom. The monoisotopic (exact) mass is 330 g/mol. The molecule has 0 aliphatic carbocycles. The number of hydrogen-bond acceptors (Lipinski definition) is 5. The molecular formula is C17H22N4OS. The van der Waals surface area contributed by atoms with Crippen molar-refractivity contribution in [3.05, 3.63) is 35.5 Å². The van der Waals surface area contributed by atoms with Crippen molar-refractivity contribution in [1.82, 2.24) is 14.9 Å². The maximum Gasteiger partial charge on any atom is 0.228 e. The molecule has 23 heavy (non-hydrogen) atoms. The van der Waals surface area contributed by atoms with Crippen molar-refractivity contribution in [2.24, 2.45) is 11.7 Å².